The molecule has 0 amide bonds. The molecule has 0 spiro atoms. The number of hydrogen-bond acceptors (Lipinski definition) is 3. The standard InChI is InChI=1S/C15H20O4/c1-9(2)11(13(16)17)6-7-12-10(3)15(4,5)8-19-14(12)18/h6-7,9H,3,8H2,1-2,4-5H3,(H,16,17)/b11-6+,12-7+. The smallest absolute Gasteiger partial charge is 0.338 e. The summed E-state index contributed by atoms with van der Waals surface area (Å²) in [7, 11) is 0. The number of carbonyl (C=O) groups is 2. The highest BCUT2D eigenvalue weighted by Crippen LogP contribution is 2.35. The predicted octanol–water partition coefficient (Wildman–Crippen LogP) is 2.72. The zero-order valence-corrected chi connectivity index (χ0v) is 11.8. The van der Waals surface area contributed by atoms with E-state index in [2.05, 4.69) is 6.58 Å². The monoisotopic (exact) mass is 264 g/mol. The maximum atomic E-state index is 11.7. The number of allylic oxidation sites excluding steroid dienone is 2. The maximum Gasteiger partial charge on any atom is 0.338 e. The van der Waals surface area contributed by atoms with Crippen molar-refractivity contribution in [2.24, 2.45) is 11.3 Å². The van der Waals surface area contributed by atoms with Crippen LogP contribution in [0.5, 0.6) is 0 Å². The van der Waals surface area contributed by atoms with E-state index in [1.807, 2.05) is 13.8 Å². The third-order valence-corrected chi connectivity index (χ3v) is 3.22. The van der Waals surface area contributed by atoms with Crippen LogP contribution in [0, 0.1) is 11.3 Å². The number of carbonyl (C=O) groups excluding carboxylic acids is 1. The molecule has 104 valence electrons. The van der Waals surface area contributed by atoms with Crippen molar-refractivity contribution in [3.63, 3.8) is 0 Å². The summed E-state index contributed by atoms with van der Waals surface area (Å²) in [5.41, 5.74) is 0.940. The lowest BCUT2D eigenvalue weighted by Crippen LogP contribution is -2.32. The molecule has 4 heteroatoms. The molecule has 1 heterocycles. The third-order valence-electron chi connectivity index (χ3n) is 3.22. The molecule has 0 aromatic rings. The quantitative estimate of drug-likeness (QED) is 0.629. The van der Waals surface area contributed by atoms with Gasteiger partial charge >= 0.3 is 11.9 Å². The molecule has 1 fully saturated rings. The molecule has 0 radical (unpaired) electrons. The van der Waals surface area contributed by atoms with Gasteiger partial charge in [-0.1, -0.05) is 40.3 Å². The molecular formula is C15H20O4. The van der Waals surface area contributed by atoms with Crippen LogP contribution >= 0.6 is 0 Å². The molecule has 1 N–H and O–H groups in total. The van der Waals surface area contributed by atoms with E-state index in [1.54, 1.807) is 13.8 Å². The number of carboxylic acid groups (broad SMARTS) is 1. The van der Waals surface area contributed by atoms with Crippen molar-refractivity contribution in [2.45, 2.75) is 27.7 Å². The van der Waals surface area contributed by atoms with Crippen molar-refractivity contribution >= 4 is 11.9 Å². The highest BCUT2D eigenvalue weighted by Gasteiger charge is 2.34. The Hall–Kier alpha value is -1.84. The number of carboxylic acids is 1. The zero-order valence-electron chi connectivity index (χ0n) is 11.8. The van der Waals surface area contributed by atoms with Gasteiger partial charge in [0, 0.05) is 11.0 Å². The Labute approximate surface area is 113 Å². The van der Waals surface area contributed by atoms with Crippen molar-refractivity contribution in [3.05, 3.63) is 35.5 Å². The highest BCUT2D eigenvalue weighted by atomic mass is 16.5. The highest BCUT2D eigenvalue weighted by molar-refractivity contribution is 5.95. The lowest BCUT2D eigenvalue weighted by Gasteiger charge is -2.32. The minimum absolute atomic E-state index is 0.129. The molecule has 1 saturated heterocycles. The number of cyclic esters (lactones) is 1. The SMILES string of the molecule is C=C1/C(=C\C=C(\C(=O)O)C(C)C)C(=O)OCC1(C)C. The van der Waals surface area contributed by atoms with Crippen LogP contribution < -0.4 is 0 Å². The number of hydrogen-bond donors (Lipinski definition) is 1. The summed E-state index contributed by atoms with van der Waals surface area (Å²) < 4.78 is 5.08. The Balaban J connectivity index is 3.15. The van der Waals surface area contributed by atoms with Crippen LogP contribution in [0.25, 0.3) is 0 Å². The van der Waals surface area contributed by atoms with Crippen molar-refractivity contribution in [1.82, 2.24) is 0 Å². The Morgan fingerprint density at radius 1 is 1.47 bits per heavy atom. The van der Waals surface area contributed by atoms with Crippen LogP contribution in [0.3, 0.4) is 0 Å². The summed E-state index contributed by atoms with van der Waals surface area (Å²) >= 11 is 0. The second-order valence-corrected chi connectivity index (χ2v) is 5.60. The molecular weight excluding hydrogens is 244 g/mol. The fourth-order valence-electron chi connectivity index (χ4n) is 1.75. The van der Waals surface area contributed by atoms with Gasteiger partial charge in [0.15, 0.2) is 0 Å². The van der Waals surface area contributed by atoms with Gasteiger partial charge in [0.2, 0.25) is 0 Å². The Morgan fingerprint density at radius 3 is 2.53 bits per heavy atom. The number of ether oxygens (including phenoxy) is 1. The largest absolute Gasteiger partial charge is 0.478 e. The van der Waals surface area contributed by atoms with Gasteiger partial charge in [-0.15, -0.1) is 0 Å². The minimum Gasteiger partial charge on any atom is -0.478 e. The molecule has 1 aliphatic rings. The molecule has 19 heavy (non-hydrogen) atoms. The van der Waals surface area contributed by atoms with Gasteiger partial charge in [-0.05, 0) is 17.6 Å². The first-order chi connectivity index (χ1) is 8.66. The zero-order chi connectivity index (χ0) is 14.8. The lowest BCUT2D eigenvalue weighted by atomic mass is 9.79. The van der Waals surface area contributed by atoms with Crippen molar-refractivity contribution in [3.8, 4) is 0 Å². The van der Waals surface area contributed by atoms with Gasteiger partial charge in [0.1, 0.15) is 6.61 Å². The second-order valence-electron chi connectivity index (χ2n) is 5.60. The first-order valence-corrected chi connectivity index (χ1v) is 6.19. The van der Waals surface area contributed by atoms with Gasteiger partial charge in [-0.25, -0.2) is 9.59 Å². The molecule has 0 unspecified atom stereocenters. The molecule has 0 bridgehead atoms. The van der Waals surface area contributed by atoms with Gasteiger partial charge in [0.05, 0.1) is 5.57 Å². The van der Waals surface area contributed by atoms with Gasteiger partial charge in [-0.2, -0.15) is 0 Å². The summed E-state index contributed by atoms with van der Waals surface area (Å²) in [5, 5.41) is 9.07. The maximum absolute atomic E-state index is 11.7. The average molecular weight is 264 g/mol. The summed E-state index contributed by atoms with van der Waals surface area (Å²) in [5.74, 6) is -1.56. The number of aliphatic carboxylic acids is 1. The molecule has 0 aromatic carbocycles. The van der Waals surface area contributed by atoms with Gasteiger partial charge in [0.25, 0.3) is 0 Å². The molecule has 0 atom stereocenters. The summed E-state index contributed by atoms with van der Waals surface area (Å²) in [4.78, 5) is 22.8. The van der Waals surface area contributed by atoms with E-state index in [-0.39, 0.29) is 16.9 Å². The topological polar surface area (TPSA) is 63.6 Å². The first kappa shape index (κ1) is 15.2. The van der Waals surface area contributed by atoms with Crippen LogP contribution in [0.15, 0.2) is 35.5 Å². The van der Waals surface area contributed by atoms with Crippen molar-refractivity contribution < 1.29 is 19.4 Å². The summed E-state index contributed by atoms with van der Waals surface area (Å²) in [6, 6.07) is 0. The fraction of sp³-hybridized carbons (Fsp3) is 0.467. The van der Waals surface area contributed by atoms with E-state index in [1.165, 1.54) is 12.2 Å². The average Bonchev–Trinajstić information content (AvgIpc) is 2.28. The second kappa shape index (κ2) is 5.43. The lowest BCUT2D eigenvalue weighted by molar-refractivity contribution is -0.143. The third kappa shape index (κ3) is 3.34. The van der Waals surface area contributed by atoms with Crippen LogP contribution in [0.1, 0.15) is 27.7 Å². The summed E-state index contributed by atoms with van der Waals surface area (Å²) in [6.07, 6.45) is 2.95. The van der Waals surface area contributed by atoms with Crippen LogP contribution in [-0.2, 0) is 14.3 Å². The minimum atomic E-state index is -0.985. The normalized spacial score (nSPS) is 21.7. The van der Waals surface area contributed by atoms with Gasteiger partial charge in [-0.3, -0.25) is 0 Å². The molecule has 0 aliphatic carbocycles. The predicted molar refractivity (Wildman–Crippen MR) is 72.5 cm³/mol. The van der Waals surface area contributed by atoms with Crippen LogP contribution in [0.2, 0.25) is 0 Å². The van der Waals surface area contributed by atoms with Crippen LogP contribution in [-0.4, -0.2) is 23.7 Å². The fourth-order valence-corrected chi connectivity index (χ4v) is 1.75. The van der Waals surface area contributed by atoms with Crippen molar-refractivity contribution in [2.75, 3.05) is 6.61 Å². The number of rotatable bonds is 3. The number of esters is 1. The van der Waals surface area contributed by atoms with E-state index in [9.17, 15) is 9.59 Å². The van der Waals surface area contributed by atoms with E-state index in [4.69, 9.17) is 9.84 Å². The first-order valence-electron chi connectivity index (χ1n) is 6.19. The summed E-state index contributed by atoms with van der Waals surface area (Å²) in [6.45, 7) is 11.7. The Morgan fingerprint density at radius 2 is 2.05 bits per heavy atom. The molecule has 4 nitrogen and oxygen atoms in total. The molecule has 1 rings (SSSR count). The molecule has 0 aromatic heterocycles. The molecule has 0 saturated carbocycles. The van der Waals surface area contributed by atoms with Crippen LogP contribution in [0.4, 0.5) is 0 Å². The Kier molecular flexibility index (Phi) is 4.35. The van der Waals surface area contributed by atoms with E-state index in [0.29, 0.717) is 17.8 Å². The molecule has 1 aliphatic heterocycles. The van der Waals surface area contributed by atoms with E-state index in [0.717, 1.165) is 0 Å². The Bertz CT molecular complexity index is 478. The van der Waals surface area contributed by atoms with Gasteiger partial charge < -0.3 is 9.84 Å². The van der Waals surface area contributed by atoms with E-state index < -0.39 is 11.9 Å². The van der Waals surface area contributed by atoms with Crippen molar-refractivity contribution in [1.29, 1.82) is 0 Å². The van der Waals surface area contributed by atoms with E-state index >= 15 is 0 Å².